The van der Waals surface area contributed by atoms with E-state index in [1.54, 1.807) is 21.3 Å². The molecule has 0 aliphatic carbocycles. The second-order valence-electron chi connectivity index (χ2n) is 6.63. The lowest BCUT2D eigenvalue weighted by atomic mass is 10.1. The minimum Gasteiger partial charge on any atom is -0.493 e. The maximum absolute atomic E-state index is 5.49. The summed E-state index contributed by atoms with van der Waals surface area (Å²) in [6, 6.07) is 6.44. The molecule has 1 aliphatic heterocycles. The van der Waals surface area contributed by atoms with Crippen molar-refractivity contribution < 1.29 is 18.7 Å². The van der Waals surface area contributed by atoms with E-state index in [2.05, 4.69) is 23.0 Å². The summed E-state index contributed by atoms with van der Waals surface area (Å²) >= 11 is 0. The van der Waals surface area contributed by atoms with Gasteiger partial charge in [-0.2, -0.15) is 0 Å². The zero-order valence-electron chi connectivity index (χ0n) is 16.1. The van der Waals surface area contributed by atoms with Gasteiger partial charge in [-0.1, -0.05) is 12.1 Å². The van der Waals surface area contributed by atoms with Crippen molar-refractivity contribution in [2.75, 3.05) is 27.9 Å². The zero-order chi connectivity index (χ0) is 18.5. The van der Waals surface area contributed by atoms with Crippen LogP contribution in [0, 0.1) is 0 Å². The predicted octanol–water partition coefficient (Wildman–Crippen LogP) is 3.99. The molecule has 1 aromatic heterocycles. The number of aromatic nitrogens is 1. The van der Waals surface area contributed by atoms with Gasteiger partial charge in [-0.25, -0.2) is 0 Å². The van der Waals surface area contributed by atoms with Crippen LogP contribution >= 0.6 is 0 Å². The first-order chi connectivity index (χ1) is 12.7. The fourth-order valence-electron chi connectivity index (χ4n) is 3.66. The van der Waals surface area contributed by atoms with Crippen LogP contribution in [-0.2, 0) is 13.0 Å². The first-order valence-electron chi connectivity index (χ1n) is 9.18. The standard InChI is InChI=1S/C20H28N2O4/c1-5-7-15-12-16(21-26-15)17-8-6-9-22(17)13-14-10-18(23-2)20(25-4)19(11-14)24-3/h10-12,17H,5-9,13H2,1-4H3. The lowest BCUT2D eigenvalue weighted by molar-refractivity contribution is 0.235. The summed E-state index contributed by atoms with van der Waals surface area (Å²) in [6.07, 6.45) is 4.26. The summed E-state index contributed by atoms with van der Waals surface area (Å²) in [5, 5.41) is 4.32. The molecule has 3 rings (SSSR count). The number of methoxy groups -OCH3 is 3. The van der Waals surface area contributed by atoms with Crippen molar-refractivity contribution in [3.8, 4) is 17.2 Å². The van der Waals surface area contributed by atoms with Gasteiger partial charge < -0.3 is 18.7 Å². The maximum atomic E-state index is 5.49. The van der Waals surface area contributed by atoms with E-state index < -0.39 is 0 Å². The van der Waals surface area contributed by atoms with Gasteiger partial charge in [0.2, 0.25) is 5.75 Å². The van der Waals surface area contributed by atoms with Crippen LogP contribution in [0.25, 0.3) is 0 Å². The van der Waals surface area contributed by atoms with E-state index in [1.165, 1.54) is 0 Å². The molecule has 1 atom stereocenters. The Balaban J connectivity index is 1.80. The monoisotopic (exact) mass is 360 g/mol. The Hall–Kier alpha value is -2.21. The number of nitrogens with zero attached hydrogens (tertiary/aromatic N) is 2. The van der Waals surface area contributed by atoms with Gasteiger partial charge in [0.25, 0.3) is 0 Å². The average Bonchev–Trinajstić information content (AvgIpc) is 3.30. The fourth-order valence-corrected chi connectivity index (χ4v) is 3.66. The highest BCUT2D eigenvalue weighted by molar-refractivity contribution is 5.53. The van der Waals surface area contributed by atoms with Crippen molar-refractivity contribution in [3.63, 3.8) is 0 Å². The number of benzene rings is 1. The van der Waals surface area contributed by atoms with Gasteiger partial charge in [-0.3, -0.25) is 4.90 Å². The van der Waals surface area contributed by atoms with Gasteiger partial charge in [0.15, 0.2) is 11.5 Å². The summed E-state index contributed by atoms with van der Waals surface area (Å²) in [7, 11) is 4.91. The summed E-state index contributed by atoms with van der Waals surface area (Å²) in [5.74, 6) is 2.97. The number of hydrogen-bond acceptors (Lipinski definition) is 6. The Morgan fingerprint density at radius 2 is 1.85 bits per heavy atom. The van der Waals surface area contributed by atoms with Crippen LogP contribution in [0.5, 0.6) is 17.2 Å². The molecular formula is C20H28N2O4. The van der Waals surface area contributed by atoms with Crippen molar-refractivity contribution in [2.24, 2.45) is 0 Å². The van der Waals surface area contributed by atoms with Crippen LogP contribution < -0.4 is 14.2 Å². The number of likely N-dealkylation sites (tertiary alicyclic amines) is 1. The third-order valence-corrected chi connectivity index (χ3v) is 4.89. The van der Waals surface area contributed by atoms with E-state index in [4.69, 9.17) is 18.7 Å². The van der Waals surface area contributed by atoms with Crippen molar-refractivity contribution in [2.45, 2.75) is 45.2 Å². The molecule has 1 aromatic carbocycles. The molecule has 6 heteroatoms. The second-order valence-corrected chi connectivity index (χ2v) is 6.63. The first-order valence-corrected chi connectivity index (χ1v) is 9.18. The molecule has 26 heavy (non-hydrogen) atoms. The van der Waals surface area contributed by atoms with Crippen LogP contribution in [0.4, 0.5) is 0 Å². The smallest absolute Gasteiger partial charge is 0.203 e. The van der Waals surface area contributed by atoms with E-state index in [0.717, 1.165) is 55.8 Å². The Labute approximate surface area is 155 Å². The van der Waals surface area contributed by atoms with Gasteiger partial charge >= 0.3 is 0 Å². The minimum atomic E-state index is 0.295. The Morgan fingerprint density at radius 3 is 2.46 bits per heavy atom. The lowest BCUT2D eigenvalue weighted by Crippen LogP contribution is -2.23. The average molecular weight is 360 g/mol. The van der Waals surface area contributed by atoms with Gasteiger partial charge in [0, 0.05) is 19.0 Å². The normalized spacial score (nSPS) is 17.5. The van der Waals surface area contributed by atoms with Crippen LogP contribution in [0.3, 0.4) is 0 Å². The van der Waals surface area contributed by atoms with Gasteiger partial charge in [0.05, 0.1) is 27.4 Å². The van der Waals surface area contributed by atoms with Crippen molar-refractivity contribution in [1.82, 2.24) is 10.1 Å². The molecule has 0 radical (unpaired) electrons. The zero-order valence-corrected chi connectivity index (χ0v) is 16.1. The Bertz CT molecular complexity index is 703. The summed E-state index contributed by atoms with van der Waals surface area (Å²) in [4.78, 5) is 2.44. The van der Waals surface area contributed by atoms with E-state index in [1.807, 2.05) is 12.1 Å². The fraction of sp³-hybridized carbons (Fsp3) is 0.550. The molecule has 0 saturated carbocycles. The number of aryl methyl sites for hydroxylation is 1. The third-order valence-electron chi connectivity index (χ3n) is 4.89. The van der Waals surface area contributed by atoms with E-state index in [0.29, 0.717) is 23.3 Å². The van der Waals surface area contributed by atoms with Crippen LogP contribution in [-0.4, -0.2) is 37.9 Å². The molecule has 2 heterocycles. The SMILES string of the molecule is CCCc1cc(C2CCCN2Cc2cc(OC)c(OC)c(OC)c2)no1. The van der Waals surface area contributed by atoms with E-state index in [-0.39, 0.29) is 0 Å². The molecule has 1 saturated heterocycles. The molecule has 1 unspecified atom stereocenters. The first kappa shape index (κ1) is 18.6. The quantitative estimate of drug-likeness (QED) is 0.709. The summed E-state index contributed by atoms with van der Waals surface area (Å²) in [6.45, 7) is 3.99. The van der Waals surface area contributed by atoms with Crippen molar-refractivity contribution in [1.29, 1.82) is 0 Å². The molecule has 0 bridgehead atoms. The highest BCUT2D eigenvalue weighted by atomic mass is 16.5. The van der Waals surface area contributed by atoms with Crippen molar-refractivity contribution >= 4 is 0 Å². The highest BCUT2D eigenvalue weighted by Gasteiger charge is 2.29. The molecule has 0 amide bonds. The summed E-state index contributed by atoms with van der Waals surface area (Å²) in [5.41, 5.74) is 2.17. The van der Waals surface area contributed by atoms with Crippen LogP contribution in [0.2, 0.25) is 0 Å². The Morgan fingerprint density at radius 1 is 1.12 bits per heavy atom. The lowest BCUT2D eigenvalue weighted by Gasteiger charge is -2.23. The van der Waals surface area contributed by atoms with E-state index in [9.17, 15) is 0 Å². The largest absolute Gasteiger partial charge is 0.493 e. The molecule has 1 fully saturated rings. The highest BCUT2D eigenvalue weighted by Crippen LogP contribution is 2.40. The van der Waals surface area contributed by atoms with Crippen molar-refractivity contribution in [3.05, 3.63) is 35.2 Å². The molecule has 0 N–H and O–H groups in total. The molecule has 142 valence electrons. The van der Waals surface area contributed by atoms with Gasteiger partial charge in [-0.15, -0.1) is 0 Å². The van der Waals surface area contributed by atoms with E-state index >= 15 is 0 Å². The van der Waals surface area contributed by atoms with Crippen LogP contribution in [0.15, 0.2) is 22.7 Å². The van der Waals surface area contributed by atoms with Crippen LogP contribution in [0.1, 0.15) is 49.2 Å². The molecule has 1 aliphatic rings. The molecule has 6 nitrogen and oxygen atoms in total. The summed E-state index contributed by atoms with van der Waals surface area (Å²) < 4.78 is 21.8. The van der Waals surface area contributed by atoms with Gasteiger partial charge in [-0.05, 0) is 43.5 Å². The minimum absolute atomic E-state index is 0.295. The van der Waals surface area contributed by atoms with Gasteiger partial charge in [0.1, 0.15) is 11.5 Å². The number of ether oxygens (including phenoxy) is 3. The predicted molar refractivity (Wildman–Crippen MR) is 99.0 cm³/mol. The maximum Gasteiger partial charge on any atom is 0.203 e. The molecule has 2 aromatic rings. The number of hydrogen-bond donors (Lipinski definition) is 0. The topological polar surface area (TPSA) is 57.0 Å². The molecular weight excluding hydrogens is 332 g/mol. The molecule has 0 spiro atoms. The Kier molecular flexibility index (Phi) is 6.04. The third kappa shape index (κ3) is 3.80. The second kappa shape index (κ2) is 8.45. The number of rotatable bonds is 8.